The number of nitrogens with zero attached hydrogens (tertiary/aromatic N) is 1. The van der Waals surface area contributed by atoms with Gasteiger partial charge in [-0.05, 0) is 54.1 Å². The normalized spacial score (nSPS) is 15.1. The molecule has 0 aromatic heterocycles. The average molecular weight is 177 g/mol. The molecule has 0 amide bonds. The zero-order valence-electron chi connectivity index (χ0n) is 7.29. The summed E-state index contributed by atoms with van der Waals surface area (Å²) >= 11 is 0. The van der Waals surface area contributed by atoms with E-state index in [0.29, 0.717) is 11.4 Å². The van der Waals surface area contributed by atoms with Gasteiger partial charge in [-0.3, -0.25) is 0 Å². The van der Waals surface area contributed by atoms with E-state index in [9.17, 15) is 10.0 Å². The summed E-state index contributed by atoms with van der Waals surface area (Å²) in [6.07, 6.45) is 3.90. The summed E-state index contributed by atoms with van der Waals surface area (Å²) in [4.78, 5) is 10.5. The molecular weight excluding hydrogens is 166 g/mol. The van der Waals surface area contributed by atoms with E-state index in [1.54, 1.807) is 12.1 Å². The lowest BCUT2D eigenvalue weighted by Gasteiger charge is -2.17. The summed E-state index contributed by atoms with van der Waals surface area (Å²) in [5.74, 6) is 0.308. The van der Waals surface area contributed by atoms with Crippen molar-refractivity contribution in [3.63, 3.8) is 0 Å². The Morgan fingerprint density at radius 3 is 2.54 bits per heavy atom. The lowest BCUT2D eigenvalue weighted by atomic mass is 9.90. The summed E-state index contributed by atoms with van der Waals surface area (Å²) in [5.41, 5.74) is 2.36. The molecular formula is C10H11NO2. The van der Waals surface area contributed by atoms with E-state index in [1.807, 2.05) is 0 Å². The molecule has 0 bridgehead atoms. The minimum atomic E-state index is 0.308. The number of nitroso groups, excluding NO2 is 1. The topological polar surface area (TPSA) is 49.7 Å². The Kier molecular flexibility index (Phi) is 2.00. The van der Waals surface area contributed by atoms with Crippen LogP contribution < -0.4 is 0 Å². The minimum Gasteiger partial charge on any atom is -0.508 e. The van der Waals surface area contributed by atoms with Gasteiger partial charge in [0.25, 0.3) is 0 Å². The first-order chi connectivity index (χ1) is 6.33. The van der Waals surface area contributed by atoms with Gasteiger partial charge in [0, 0.05) is 0 Å². The molecule has 1 aliphatic rings. The minimum absolute atomic E-state index is 0.308. The molecule has 1 aromatic rings. The monoisotopic (exact) mass is 177 g/mol. The smallest absolute Gasteiger partial charge is 0.119 e. The van der Waals surface area contributed by atoms with E-state index in [-0.39, 0.29) is 0 Å². The fraction of sp³-hybridized carbons (Fsp3) is 0.400. The standard InChI is InChI=1S/C10H11NO2/c12-10-6-5-9(11-13)7-3-1-2-4-8(7)10/h5-6,12H,1-4H2. The molecule has 3 heteroatoms. The second-order valence-corrected chi connectivity index (χ2v) is 3.36. The molecule has 13 heavy (non-hydrogen) atoms. The second-order valence-electron chi connectivity index (χ2n) is 3.36. The maximum Gasteiger partial charge on any atom is 0.119 e. The summed E-state index contributed by atoms with van der Waals surface area (Å²) in [7, 11) is 0. The van der Waals surface area contributed by atoms with Gasteiger partial charge in [-0.15, -0.1) is 4.91 Å². The zero-order chi connectivity index (χ0) is 9.26. The Balaban J connectivity index is 2.58. The molecule has 0 saturated carbocycles. The molecule has 1 aliphatic carbocycles. The molecule has 1 N–H and O–H groups in total. The molecule has 68 valence electrons. The maximum absolute atomic E-state index is 10.5. The van der Waals surface area contributed by atoms with E-state index in [1.165, 1.54) is 0 Å². The van der Waals surface area contributed by atoms with Crippen molar-refractivity contribution in [1.29, 1.82) is 0 Å². The van der Waals surface area contributed by atoms with E-state index in [4.69, 9.17) is 0 Å². The Morgan fingerprint density at radius 2 is 1.85 bits per heavy atom. The fourth-order valence-electron chi connectivity index (χ4n) is 1.92. The third-order valence-corrected chi connectivity index (χ3v) is 2.58. The number of fused-ring (bicyclic) bond motifs is 1. The van der Waals surface area contributed by atoms with Crippen LogP contribution in [0.1, 0.15) is 24.0 Å². The van der Waals surface area contributed by atoms with Gasteiger partial charge >= 0.3 is 0 Å². The number of hydrogen-bond donors (Lipinski definition) is 1. The van der Waals surface area contributed by atoms with Crippen LogP contribution >= 0.6 is 0 Å². The number of aromatic hydroxyl groups is 1. The van der Waals surface area contributed by atoms with Gasteiger partial charge in [-0.2, -0.15) is 0 Å². The first-order valence-corrected chi connectivity index (χ1v) is 4.50. The van der Waals surface area contributed by atoms with Crippen LogP contribution in [0.5, 0.6) is 5.75 Å². The number of phenols is 1. The quantitative estimate of drug-likeness (QED) is 0.670. The largest absolute Gasteiger partial charge is 0.508 e. The van der Waals surface area contributed by atoms with E-state index in [2.05, 4.69) is 5.18 Å². The van der Waals surface area contributed by atoms with Gasteiger partial charge in [-0.1, -0.05) is 0 Å². The highest BCUT2D eigenvalue weighted by atomic mass is 16.3. The first-order valence-electron chi connectivity index (χ1n) is 4.50. The first kappa shape index (κ1) is 8.23. The molecule has 0 spiro atoms. The van der Waals surface area contributed by atoms with Crippen LogP contribution in [0.15, 0.2) is 17.3 Å². The maximum atomic E-state index is 10.5. The number of benzene rings is 1. The molecule has 2 rings (SSSR count). The predicted molar refractivity (Wildman–Crippen MR) is 50.2 cm³/mol. The van der Waals surface area contributed by atoms with Crippen molar-refractivity contribution in [2.24, 2.45) is 5.18 Å². The van der Waals surface area contributed by atoms with Crippen molar-refractivity contribution in [2.75, 3.05) is 0 Å². The van der Waals surface area contributed by atoms with Gasteiger partial charge in [0.2, 0.25) is 0 Å². The molecule has 0 aliphatic heterocycles. The Labute approximate surface area is 76.4 Å². The third kappa shape index (κ3) is 1.30. The van der Waals surface area contributed by atoms with E-state index >= 15 is 0 Å². The van der Waals surface area contributed by atoms with Crippen LogP contribution in [-0.2, 0) is 12.8 Å². The van der Waals surface area contributed by atoms with Crippen molar-refractivity contribution >= 4 is 5.69 Å². The van der Waals surface area contributed by atoms with E-state index < -0.39 is 0 Å². The van der Waals surface area contributed by atoms with Crippen LogP contribution in [0, 0.1) is 4.91 Å². The molecule has 0 unspecified atom stereocenters. The van der Waals surface area contributed by atoms with Crippen LogP contribution in [0.25, 0.3) is 0 Å². The Morgan fingerprint density at radius 1 is 1.15 bits per heavy atom. The summed E-state index contributed by atoms with van der Waals surface area (Å²) in [6.45, 7) is 0. The van der Waals surface area contributed by atoms with Crippen molar-refractivity contribution in [3.05, 3.63) is 28.2 Å². The zero-order valence-corrected chi connectivity index (χ0v) is 7.29. The van der Waals surface area contributed by atoms with Crippen LogP contribution in [-0.4, -0.2) is 5.11 Å². The Hall–Kier alpha value is -1.38. The van der Waals surface area contributed by atoms with Crippen molar-refractivity contribution in [1.82, 2.24) is 0 Å². The lowest BCUT2D eigenvalue weighted by molar-refractivity contribution is 0.462. The van der Waals surface area contributed by atoms with Gasteiger partial charge in [0.15, 0.2) is 0 Å². The summed E-state index contributed by atoms with van der Waals surface area (Å²) < 4.78 is 0. The summed E-state index contributed by atoms with van der Waals surface area (Å²) in [5, 5.41) is 12.5. The number of hydrogen-bond acceptors (Lipinski definition) is 3. The van der Waals surface area contributed by atoms with Gasteiger partial charge in [0.1, 0.15) is 11.4 Å². The highest BCUT2D eigenvalue weighted by Gasteiger charge is 2.16. The number of rotatable bonds is 1. The molecule has 3 nitrogen and oxygen atoms in total. The van der Waals surface area contributed by atoms with Crippen molar-refractivity contribution < 1.29 is 5.11 Å². The van der Waals surface area contributed by atoms with Crippen molar-refractivity contribution in [3.8, 4) is 5.75 Å². The van der Waals surface area contributed by atoms with Crippen LogP contribution in [0.2, 0.25) is 0 Å². The van der Waals surface area contributed by atoms with Crippen molar-refractivity contribution in [2.45, 2.75) is 25.7 Å². The molecule has 0 saturated heterocycles. The van der Waals surface area contributed by atoms with Gasteiger partial charge < -0.3 is 5.11 Å². The third-order valence-electron chi connectivity index (χ3n) is 2.58. The summed E-state index contributed by atoms with van der Waals surface area (Å²) in [6, 6.07) is 3.15. The molecule has 1 aromatic carbocycles. The highest BCUT2D eigenvalue weighted by Crippen LogP contribution is 2.35. The molecule has 0 atom stereocenters. The second kappa shape index (κ2) is 3.17. The molecule has 0 heterocycles. The average Bonchev–Trinajstić information content (AvgIpc) is 2.19. The Bertz CT molecular complexity index is 347. The van der Waals surface area contributed by atoms with Crippen LogP contribution in [0.3, 0.4) is 0 Å². The highest BCUT2D eigenvalue weighted by molar-refractivity contribution is 5.56. The van der Waals surface area contributed by atoms with Crippen LogP contribution in [0.4, 0.5) is 5.69 Å². The van der Waals surface area contributed by atoms with Gasteiger partial charge in [0.05, 0.1) is 0 Å². The molecule has 0 radical (unpaired) electrons. The molecule has 0 fully saturated rings. The van der Waals surface area contributed by atoms with E-state index in [0.717, 1.165) is 36.8 Å². The fourth-order valence-corrected chi connectivity index (χ4v) is 1.92. The van der Waals surface area contributed by atoms with Gasteiger partial charge in [-0.25, -0.2) is 0 Å². The lowest BCUT2D eigenvalue weighted by Crippen LogP contribution is -2.02. The number of phenolic OH excluding ortho intramolecular Hbond substituents is 1. The predicted octanol–water partition coefficient (Wildman–Crippen LogP) is 2.67. The SMILES string of the molecule is O=Nc1ccc(O)c2c1CCCC2.